The molecule has 0 unspecified atom stereocenters. The molecule has 0 fully saturated rings. The summed E-state index contributed by atoms with van der Waals surface area (Å²) in [4.78, 5) is 25.9. The van der Waals surface area contributed by atoms with Gasteiger partial charge in [0.05, 0.1) is 12.1 Å². The van der Waals surface area contributed by atoms with Crippen molar-refractivity contribution >= 4 is 11.8 Å². The summed E-state index contributed by atoms with van der Waals surface area (Å²) < 4.78 is 29.7. The average Bonchev–Trinajstić information content (AvgIpc) is 3.00. The number of nitrogens with one attached hydrogen (secondary N) is 1. The lowest BCUT2D eigenvalue weighted by Crippen LogP contribution is -2.33. The molecule has 2 aromatic rings. The third kappa shape index (κ3) is 3.35. The van der Waals surface area contributed by atoms with Crippen molar-refractivity contribution in [1.82, 2.24) is 10.3 Å². The predicted octanol–water partition coefficient (Wildman–Crippen LogP) is 0.957. The Kier molecular flexibility index (Phi) is 4.15. The number of carbonyl (C=O) groups is 2. The Morgan fingerprint density at radius 1 is 1.25 bits per heavy atom. The zero-order chi connectivity index (χ0) is 17.1. The van der Waals surface area contributed by atoms with E-state index < -0.39 is 24.3 Å². The summed E-state index contributed by atoms with van der Waals surface area (Å²) in [7, 11) is 0. The first-order chi connectivity index (χ1) is 11.5. The highest BCUT2D eigenvalue weighted by Crippen LogP contribution is 2.36. The molecule has 0 saturated carbocycles. The van der Waals surface area contributed by atoms with Gasteiger partial charge in [-0.05, 0) is 18.2 Å². The second-order valence-electron chi connectivity index (χ2n) is 4.75. The summed E-state index contributed by atoms with van der Waals surface area (Å²) in [6.07, 6.45) is 0. The fraction of sp³-hybridized carbons (Fsp3) is 0.133. The van der Waals surface area contributed by atoms with Crippen LogP contribution in [0.5, 0.6) is 23.1 Å². The molecule has 1 aromatic heterocycles. The second kappa shape index (κ2) is 6.41. The molecule has 0 aliphatic carbocycles. The summed E-state index contributed by atoms with van der Waals surface area (Å²) in [5.41, 5.74) is 4.58. The molecule has 9 heteroatoms. The number of aromatic nitrogens is 1. The van der Waals surface area contributed by atoms with Crippen molar-refractivity contribution in [2.75, 3.05) is 13.3 Å². The van der Waals surface area contributed by atoms with Crippen molar-refractivity contribution in [3.05, 3.63) is 41.8 Å². The number of benzene rings is 1. The third-order valence-corrected chi connectivity index (χ3v) is 3.06. The highest BCUT2D eigenvalue weighted by Gasteiger charge is 2.17. The highest BCUT2D eigenvalue weighted by atomic mass is 19.1. The van der Waals surface area contributed by atoms with Crippen molar-refractivity contribution in [1.29, 1.82) is 0 Å². The normalized spacial score (nSPS) is 11.9. The maximum absolute atomic E-state index is 13.9. The number of rotatable bonds is 5. The minimum atomic E-state index is -1.03. The van der Waals surface area contributed by atoms with Gasteiger partial charge in [-0.1, -0.05) is 0 Å². The van der Waals surface area contributed by atoms with Crippen LogP contribution in [0.1, 0.15) is 10.4 Å². The van der Waals surface area contributed by atoms with Crippen molar-refractivity contribution in [2.24, 2.45) is 5.73 Å². The molecule has 8 nitrogen and oxygen atoms in total. The number of carbonyl (C=O) groups excluding carboxylic acids is 2. The Morgan fingerprint density at radius 2 is 2.04 bits per heavy atom. The maximum Gasteiger partial charge on any atom is 0.256 e. The number of primary amides is 1. The van der Waals surface area contributed by atoms with Crippen LogP contribution >= 0.6 is 0 Å². The van der Waals surface area contributed by atoms with E-state index in [0.29, 0.717) is 17.2 Å². The molecule has 2 heterocycles. The lowest BCUT2D eigenvalue weighted by Gasteiger charge is -2.08. The molecule has 1 aliphatic rings. The number of halogens is 1. The van der Waals surface area contributed by atoms with Crippen LogP contribution in [-0.4, -0.2) is 30.1 Å². The molecule has 1 aromatic carbocycles. The minimum Gasteiger partial charge on any atom is -0.454 e. The monoisotopic (exact) mass is 333 g/mol. The first-order valence-electron chi connectivity index (χ1n) is 6.83. The first-order valence-corrected chi connectivity index (χ1v) is 6.83. The molecule has 0 saturated heterocycles. The van der Waals surface area contributed by atoms with Crippen LogP contribution in [0.25, 0.3) is 0 Å². The van der Waals surface area contributed by atoms with Gasteiger partial charge in [0.15, 0.2) is 11.5 Å². The first kappa shape index (κ1) is 15.5. The number of ether oxygens (including phenoxy) is 3. The van der Waals surface area contributed by atoms with E-state index in [2.05, 4.69) is 10.3 Å². The van der Waals surface area contributed by atoms with Gasteiger partial charge in [-0.15, -0.1) is 0 Å². The number of nitrogens with zero attached hydrogens (tertiary/aromatic N) is 1. The van der Waals surface area contributed by atoms with Gasteiger partial charge < -0.3 is 25.3 Å². The summed E-state index contributed by atoms with van der Waals surface area (Å²) in [6, 6.07) is 7.36. The molecular weight excluding hydrogens is 321 g/mol. The van der Waals surface area contributed by atoms with Gasteiger partial charge in [0, 0.05) is 12.1 Å². The van der Waals surface area contributed by atoms with Gasteiger partial charge in [-0.25, -0.2) is 0 Å². The summed E-state index contributed by atoms with van der Waals surface area (Å²) in [5.74, 6) is -1.14. The topological polar surface area (TPSA) is 113 Å². The number of nitrogens with two attached hydrogens (primary N) is 1. The van der Waals surface area contributed by atoms with Crippen LogP contribution in [0, 0.1) is 5.95 Å². The molecule has 124 valence electrons. The summed E-state index contributed by atoms with van der Waals surface area (Å²) >= 11 is 0. The van der Waals surface area contributed by atoms with Crippen LogP contribution < -0.4 is 25.3 Å². The maximum atomic E-state index is 13.9. The Labute approximate surface area is 135 Å². The molecule has 3 rings (SSSR count). The van der Waals surface area contributed by atoms with E-state index >= 15 is 0 Å². The number of hydrogen-bond donors (Lipinski definition) is 2. The fourth-order valence-corrected chi connectivity index (χ4v) is 1.97. The van der Waals surface area contributed by atoms with Crippen LogP contribution in [0.4, 0.5) is 4.39 Å². The molecule has 3 N–H and O–H groups in total. The van der Waals surface area contributed by atoms with Crippen molar-refractivity contribution < 1.29 is 28.2 Å². The number of fused-ring (bicyclic) bond motifs is 1. The number of pyridine rings is 1. The third-order valence-electron chi connectivity index (χ3n) is 3.06. The Hall–Kier alpha value is -3.36. The zero-order valence-electron chi connectivity index (χ0n) is 12.2. The fourth-order valence-electron chi connectivity index (χ4n) is 1.97. The van der Waals surface area contributed by atoms with E-state index in [0.717, 1.165) is 0 Å². The van der Waals surface area contributed by atoms with Gasteiger partial charge in [0.1, 0.15) is 5.75 Å². The van der Waals surface area contributed by atoms with Gasteiger partial charge in [-0.2, -0.15) is 9.37 Å². The number of amides is 2. The standard InChI is InChI=1S/C15H12FN3O5/c16-14-9(15(21)18-6-12(17)20)2-4-13(19-14)24-8-1-3-10-11(5-8)23-7-22-10/h1-5H,6-7H2,(H2,17,20)(H,18,21). The van der Waals surface area contributed by atoms with E-state index in [4.69, 9.17) is 19.9 Å². The molecular formula is C15H12FN3O5. The lowest BCUT2D eigenvalue weighted by molar-refractivity contribution is -0.117. The van der Waals surface area contributed by atoms with E-state index in [1.54, 1.807) is 18.2 Å². The quantitative estimate of drug-likeness (QED) is 0.788. The molecule has 24 heavy (non-hydrogen) atoms. The second-order valence-corrected chi connectivity index (χ2v) is 4.75. The van der Waals surface area contributed by atoms with E-state index in [1.807, 2.05) is 0 Å². The minimum absolute atomic E-state index is 0.0437. The lowest BCUT2D eigenvalue weighted by atomic mass is 10.2. The Balaban J connectivity index is 1.72. The van der Waals surface area contributed by atoms with Crippen LogP contribution in [0.3, 0.4) is 0 Å². The van der Waals surface area contributed by atoms with Crippen LogP contribution in [-0.2, 0) is 4.79 Å². The predicted molar refractivity (Wildman–Crippen MR) is 78.4 cm³/mol. The van der Waals surface area contributed by atoms with Gasteiger partial charge in [-0.3, -0.25) is 9.59 Å². The Morgan fingerprint density at radius 3 is 2.79 bits per heavy atom. The van der Waals surface area contributed by atoms with Gasteiger partial charge >= 0.3 is 0 Å². The highest BCUT2D eigenvalue weighted by molar-refractivity contribution is 5.96. The molecule has 2 amide bonds. The van der Waals surface area contributed by atoms with Crippen molar-refractivity contribution in [2.45, 2.75) is 0 Å². The van der Waals surface area contributed by atoms with Gasteiger partial charge in [0.2, 0.25) is 24.5 Å². The molecule has 1 aliphatic heterocycles. The van der Waals surface area contributed by atoms with Crippen LogP contribution in [0.15, 0.2) is 30.3 Å². The number of hydrogen-bond acceptors (Lipinski definition) is 6. The summed E-state index contributed by atoms with van der Waals surface area (Å²) in [5, 5.41) is 2.17. The SMILES string of the molecule is NC(=O)CNC(=O)c1ccc(Oc2ccc3c(c2)OCO3)nc1F. The van der Waals surface area contributed by atoms with Crippen LogP contribution in [0.2, 0.25) is 0 Å². The van der Waals surface area contributed by atoms with E-state index in [9.17, 15) is 14.0 Å². The molecule has 0 bridgehead atoms. The van der Waals surface area contributed by atoms with E-state index in [-0.39, 0.29) is 18.2 Å². The zero-order valence-corrected chi connectivity index (χ0v) is 12.2. The summed E-state index contributed by atoms with van der Waals surface area (Å²) in [6.45, 7) is -0.269. The molecule has 0 radical (unpaired) electrons. The molecule has 0 spiro atoms. The Bertz CT molecular complexity index is 812. The average molecular weight is 333 g/mol. The molecule has 0 atom stereocenters. The van der Waals surface area contributed by atoms with Gasteiger partial charge in [0.25, 0.3) is 5.91 Å². The van der Waals surface area contributed by atoms with Crippen molar-refractivity contribution in [3.63, 3.8) is 0 Å². The largest absolute Gasteiger partial charge is 0.454 e. The van der Waals surface area contributed by atoms with Crippen molar-refractivity contribution in [3.8, 4) is 23.1 Å². The van der Waals surface area contributed by atoms with E-state index in [1.165, 1.54) is 12.1 Å². The smallest absolute Gasteiger partial charge is 0.256 e.